The van der Waals surface area contributed by atoms with Gasteiger partial charge in [-0.05, 0) is 36.8 Å². The van der Waals surface area contributed by atoms with Gasteiger partial charge in [-0.3, -0.25) is 4.98 Å². The van der Waals surface area contributed by atoms with Crippen molar-refractivity contribution in [2.24, 2.45) is 5.73 Å². The monoisotopic (exact) mass is 292 g/mol. The number of ether oxygens (including phenoxy) is 2. The van der Waals surface area contributed by atoms with Crippen molar-refractivity contribution in [2.45, 2.75) is 19.6 Å². The second-order valence-electron chi connectivity index (χ2n) is 4.32. The molecule has 1 aromatic heterocycles. The molecule has 0 aliphatic carbocycles. The Hall–Kier alpha value is -1.78. The number of methoxy groups -OCH3 is 1. The summed E-state index contributed by atoms with van der Waals surface area (Å²) in [7, 11) is 1.60. The van der Waals surface area contributed by atoms with Crippen LogP contribution < -0.4 is 15.2 Å². The van der Waals surface area contributed by atoms with Crippen molar-refractivity contribution in [1.82, 2.24) is 4.98 Å². The second kappa shape index (κ2) is 6.59. The Morgan fingerprint density at radius 1 is 1.25 bits per heavy atom. The molecule has 5 heteroatoms. The lowest BCUT2D eigenvalue weighted by molar-refractivity contribution is 0.225. The van der Waals surface area contributed by atoms with Gasteiger partial charge in [0.25, 0.3) is 0 Å². The highest BCUT2D eigenvalue weighted by Crippen LogP contribution is 2.32. The van der Waals surface area contributed by atoms with Crippen LogP contribution in [0, 0.1) is 0 Å². The van der Waals surface area contributed by atoms with E-state index in [2.05, 4.69) is 4.98 Å². The third-order valence-corrected chi connectivity index (χ3v) is 3.38. The minimum absolute atomic E-state index is 0.191. The first-order chi connectivity index (χ1) is 9.65. The zero-order chi connectivity index (χ0) is 14.5. The Morgan fingerprint density at radius 2 is 1.95 bits per heavy atom. The number of nitrogens with two attached hydrogens (primary N) is 1. The van der Waals surface area contributed by atoms with Gasteiger partial charge in [-0.25, -0.2) is 0 Å². The van der Waals surface area contributed by atoms with E-state index in [1.807, 2.05) is 13.0 Å². The predicted molar refractivity (Wildman–Crippen MR) is 79.2 cm³/mol. The Bertz CT molecular complexity index is 576. The van der Waals surface area contributed by atoms with Crippen molar-refractivity contribution >= 4 is 11.6 Å². The summed E-state index contributed by atoms with van der Waals surface area (Å²) in [5, 5.41) is 0.590. The number of halogens is 1. The first-order valence-corrected chi connectivity index (χ1v) is 6.66. The molecule has 0 spiro atoms. The van der Waals surface area contributed by atoms with Gasteiger partial charge in [-0.15, -0.1) is 0 Å². The molecule has 0 radical (unpaired) electrons. The van der Waals surface area contributed by atoms with Crippen LogP contribution in [0.25, 0.3) is 0 Å². The number of rotatable bonds is 5. The molecule has 0 fully saturated rings. The SMILES string of the molecule is COc1cc(Cl)c(CN)c(C(C)Oc2ccncc2)c1. The van der Waals surface area contributed by atoms with E-state index in [1.54, 1.807) is 37.7 Å². The van der Waals surface area contributed by atoms with Crippen LogP contribution in [0.1, 0.15) is 24.2 Å². The van der Waals surface area contributed by atoms with Crippen LogP contribution in [0.5, 0.6) is 11.5 Å². The molecule has 0 bridgehead atoms. The average molecular weight is 293 g/mol. The first kappa shape index (κ1) is 14.6. The molecule has 2 N–H and O–H groups in total. The number of hydrogen-bond acceptors (Lipinski definition) is 4. The van der Waals surface area contributed by atoms with Crippen molar-refractivity contribution in [3.05, 3.63) is 52.8 Å². The number of nitrogens with zero attached hydrogens (tertiary/aromatic N) is 1. The summed E-state index contributed by atoms with van der Waals surface area (Å²) in [5.74, 6) is 1.43. The van der Waals surface area contributed by atoms with Crippen molar-refractivity contribution in [1.29, 1.82) is 0 Å². The molecule has 2 aromatic rings. The Kier molecular flexibility index (Phi) is 4.82. The van der Waals surface area contributed by atoms with Crippen molar-refractivity contribution < 1.29 is 9.47 Å². The second-order valence-corrected chi connectivity index (χ2v) is 4.73. The highest BCUT2D eigenvalue weighted by molar-refractivity contribution is 6.31. The molecule has 2 rings (SSSR count). The number of benzene rings is 1. The van der Waals surface area contributed by atoms with Crippen LogP contribution in [0.15, 0.2) is 36.7 Å². The van der Waals surface area contributed by atoms with E-state index in [4.69, 9.17) is 26.8 Å². The fourth-order valence-electron chi connectivity index (χ4n) is 2.01. The van der Waals surface area contributed by atoms with Gasteiger partial charge in [0.05, 0.1) is 7.11 Å². The normalized spacial score (nSPS) is 12.0. The van der Waals surface area contributed by atoms with Crippen LogP contribution in [0.4, 0.5) is 0 Å². The zero-order valence-corrected chi connectivity index (χ0v) is 12.2. The molecule has 20 heavy (non-hydrogen) atoms. The summed E-state index contributed by atoms with van der Waals surface area (Å²) in [6.07, 6.45) is 3.18. The maximum absolute atomic E-state index is 6.23. The van der Waals surface area contributed by atoms with E-state index in [0.717, 1.165) is 16.9 Å². The molecule has 0 saturated carbocycles. The summed E-state index contributed by atoms with van der Waals surface area (Å²) in [6, 6.07) is 7.27. The quantitative estimate of drug-likeness (QED) is 0.918. The Morgan fingerprint density at radius 3 is 2.55 bits per heavy atom. The van der Waals surface area contributed by atoms with Crippen LogP contribution >= 0.6 is 11.6 Å². The molecule has 4 nitrogen and oxygen atoms in total. The topological polar surface area (TPSA) is 57.4 Å². The van der Waals surface area contributed by atoms with Gasteiger partial charge < -0.3 is 15.2 Å². The minimum Gasteiger partial charge on any atom is -0.497 e. The highest BCUT2D eigenvalue weighted by Gasteiger charge is 2.16. The van der Waals surface area contributed by atoms with Crippen molar-refractivity contribution in [2.75, 3.05) is 7.11 Å². The van der Waals surface area contributed by atoms with Crippen LogP contribution in [0.2, 0.25) is 5.02 Å². The minimum atomic E-state index is -0.191. The third kappa shape index (κ3) is 3.21. The lowest BCUT2D eigenvalue weighted by Gasteiger charge is -2.19. The Labute approximate surface area is 123 Å². The number of pyridine rings is 1. The van der Waals surface area contributed by atoms with Gasteiger partial charge >= 0.3 is 0 Å². The molecule has 0 amide bonds. The van der Waals surface area contributed by atoms with Gasteiger partial charge in [0.2, 0.25) is 0 Å². The van der Waals surface area contributed by atoms with Crippen LogP contribution in [-0.2, 0) is 6.54 Å². The van der Waals surface area contributed by atoms with Crippen LogP contribution in [-0.4, -0.2) is 12.1 Å². The lowest BCUT2D eigenvalue weighted by Crippen LogP contribution is -2.10. The van der Waals surface area contributed by atoms with E-state index in [1.165, 1.54) is 0 Å². The average Bonchev–Trinajstić information content (AvgIpc) is 2.47. The van der Waals surface area contributed by atoms with E-state index in [9.17, 15) is 0 Å². The van der Waals surface area contributed by atoms with Gasteiger partial charge in [0.15, 0.2) is 0 Å². The molecule has 1 atom stereocenters. The molecule has 1 aromatic carbocycles. The predicted octanol–water partition coefficient (Wildman–Crippen LogP) is 3.34. The number of hydrogen-bond donors (Lipinski definition) is 1. The molecule has 1 unspecified atom stereocenters. The molecule has 1 heterocycles. The fraction of sp³-hybridized carbons (Fsp3) is 0.267. The van der Waals surface area contributed by atoms with Crippen molar-refractivity contribution in [3.8, 4) is 11.5 Å². The zero-order valence-electron chi connectivity index (χ0n) is 11.5. The van der Waals surface area contributed by atoms with Crippen molar-refractivity contribution in [3.63, 3.8) is 0 Å². The molecular formula is C15H17ClN2O2. The van der Waals surface area contributed by atoms with E-state index >= 15 is 0 Å². The summed E-state index contributed by atoms with van der Waals surface area (Å²) < 4.78 is 11.1. The third-order valence-electron chi connectivity index (χ3n) is 3.04. The van der Waals surface area contributed by atoms with Gasteiger partial charge in [0, 0.05) is 29.5 Å². The van der Waals surface area contributed by atoms with E-state index in [-0.39, 0.29) is 6.10 Å². The summed E-state index contributed by atoms with van der Waals surface area (Å²) in [6.45, 7) is 2.30. The van der Waals surface area contributed by atoms with Gasteiger partial charge in [-0.1, -0.05) is 11.6 Å². The van der Waals surface area contributed by atoms with Gasteiger partial charge in [0.1, 0.15) is 17.6 Å². The molecule has 0 saturated heterocycles. The summed E-state index contributed by atoms with van der Waals surface area (Å²) in [5.41, 5.74) is 7.58. The summed E-state index contributed by atoms with van der Waals surface area (Å²) in [4.78, 5) is 3.96. The lowest BCUT2D eigenvalue weighted by atomic mass is 10.0. The molecule has 106 valence electrons. The van der Waals surface area contributed by atoms with E-state index < -0.39 is 0 Å². The number of aromatic nitrogens is 1. The molecular weight excluding hydrogens is 276 g/mol. The molecule has 0 aliphatic rings. The smallest absolute Gasteiger partial charge is 0.123 e. The maximum atomic E-state index is 6.23. The highest BCUT2D eigenvalue weighted by atomic mass is 35.5. The largest absolute Gasteiger partial charge is 0.497 e. The standard InChI is InChI=1S/C15H17ClN2O2/c1-10(20-11-3-5-18-6-4-11)13-7-12(19-2)8-15(16)14(13)9-17/h3-8,10H,9,17H2,1-2H3. The maximum Gasteiger partial charge on any atom is 0.123 e. The van der Waals surface area contributed by atoms with Gasteiger partial charge in [-0.2, -0.15) is 0 Å². The molecule has 0 aliphatic heterocycles. The fourth-order valence-corrected chi connectivity index (χ4v) is 2.31. The summed E-state index contributed by atoms with van der Waals surface area (Å²) >= 11 is 6.23. The van der Waals surface area contributed by atoms with Crippen LogP contribution in [0.3, 0.4) is 0 Å². The van der Waals surface area contributed by atoms with E-state index in [0.29, 0.717) is 17.3 Å². The Balaban J connectivity index is 2.33. The first-order valence-electron chi connectivity index (χ1n) is 6.28.